The number of anilines is 1. The lowest BCUT2D eigenvalue weighted by Gasteiger charge is -2.39. The number of urea groups is 1. The number of likely N-dealkylation sites (N-methyl/N-ethyl adjacent to an activating group) is 1. The molecule has 1 radical (unpaired) electrons. The first-order valence-corrected chi connectivity index (χ1v) is 6.31. The van der Waals surface area contributed by atoms with E-state index in [2.05, 4.69) is 30.3 Å². The van der Waals surface area contributed by atoms with Gasteiger partial charge in [0.1, 0.15) is 6.04 Å². The van der Waals surface area contributed by atoms with E-state index in [-0.39, 0.29) is 6.03 Å². The zero-order chi connectivity index (χ0) is 13.1. The van der Waals surface area contributed by atoms with Crippen LogP contribution in [-0.4, -0.2) is 25.0 Å². The quantitative estimate of drug-likeness (QED) is 0.703. The fraction of sp³-hybridized carbons (Fsp3) is 0.125. The third kappa shape index (κ3) is 1.19. The van der Waals surface area contributed by atoms with Crippen molar-refractivity contribution >= 4 is 28.6 Å². The molecule has 4 rings (SSSR count). The van der Waals surface area contributed by atoms with E-state index in [4.69, 9.17) is 0 Å². The Morgan fingerprint density at radius 1 is 0.947 bits per heavy atom. The number of benzene rings is 2. The lowest BCUT2D eigenvalue weighted by Crippen LogP contribution is -2.46. The largest absolute Gasteiger partial charge is 0.325 e. The second-order valence-electron chi connectivity index (χ2n) is 5.02. The summed E-state index contributed by atoms with van der Waals surface area (Å²) in [6.45, 7) is 0. The van der Waals surface area contributed by atoms with Crippen molar-refractivity contribution in [1.29, 1.82) is 0 Å². The van der Waals surface area contributed by atoms with Gasteiger partial charge in [0, 0.05) is 19.7 Å². The van der Waals surface area contributed by atoms with Gasteiger partial charge in [0.2, 0.25) is 0 Å². The number of hydrogen-bond acceptors (Lipinski definition) is 1. The van der Waals surface area contributed by atoms with Crippen molar-refractivity contribution in [2.45, 2.75) is 0 Å². The molecule has 0 aromatic heterocycles. The lowest BCUT2D eigenvalue weighted by molar-refractivity contribution is 0.221. The highest BCUT2D eigenvalue weighted by Gasteiger charge is 2.36. The average molecular weight is 249 g/mol. The molecule has 3 nitrogen and oxygen atoms in total. The van der Waals surface area contributed by atoms with Crippen molar-refractivity contribution in [1.82, 2.24) is 4.90 Å². The maximum absolute atomic E-state index is 12.2. The van der Waals surface area contributed by atoms with Crippen molar-refractivity contribution in [3.8, 4) is 0 Å². The third-order valence-corrected chi connectivity index (χ3v) is 4.03. The molecule has 2 aromatic rings. The molecule has 0 fully saturated rings. The zero-order valence-corrected chi connectivity index (χ0v) is 10.8. The van der Waals surface area contributed by atoms with Crippen molar-refractivity contribution in [3.05, 3.63) is 53.6 Å². The van der Waals surface area contributed by atoms with Crippen LogP contribution in [0.25, 0.3) is 16.8 Å². The first-order valence-electron chi connectivity index (χ1n) is 6.31. The number of hydrogen-bond donors (Lipinski definition) is 0. The van der Waals surface area contributed by atoms with E-state index < -0.39 is 0 Å². The van der Waals surface area contributed by atoms with Crippen LogP contribution >= 0.6 is 0 Å². The molecule has 0 saturated heterocycles. The molecule has 1 aliphatic heterocycles. The molecule has 0 N–H and O–H groups in total. The minimum absolute atomic E-state index is 0.00545. The van der Waals surface area contributed by atoms with Gasteiger partial charge in [-0.3, -0.25) is 4.90 Å². The van der Waals surface area contributed by atoms with Gasteiger partial charge >= 0.3 is 6.03 Å². The highest BCUT2D eigenvalue weighted by molar-refractivity contribution is 6.07. The average Bonchev–Trinajstić information content (AvgIpc) is 2.45. The monoisotopic (exact) mass is 249 g/mol. The Morgan fingerprint density at radius 3 is 2.63 bits per heavy atom. The van der Waals surface area contributed by atoms with Gasteiger partial charge in [-0.1, -0.05) is 36.4 Å². The second kappa shape index (κ2) is 3.38. The molecule has 0 atom stereocenters. The summed E-state index contributed by atoms with van der Waals surface area (Å²) in [5.41, 5.74) is 3.37. The maximum Gasteiger partial charge on any atom is 0.325 e. The topological polar surface area (TPSA) is 23.6 Å². The molecule has 2 aromatic carbocycles. The van der Waals surface area contributed by atoms with E-state index in [0.29, 0.717) is 0 Å². The van der Waals surface area contributed by atoms with E-state index in [1.807, 2.05) is 26.2 Å². The van der Waals surface area contributed by atoms with Gasteiger partial charge in [-0.15, -0.1) is 0 Å². The Bertz CT molecular complexity index is 748. The molecule has 0 spiro atoms. The van der Waals surface area contributed by atoms with E-state index in [1.54, 1.807) is 9.80 Å². The molecule has 0 bridgehead atoms. The molecule has 1 heterocycles. The summed E-state index contributed by atoms with van der Waals surface area (Å²) in [4.78, 5) is 15.6. The van der Waals surface area contributed by atoms with Crippen molar-refractivity contribution < 1.29 is 4.79 Å². The molecular weight excluding hydrogens is 236 g/mol. The minimum atomic E-state index is 0.00545. The van der Waals surface area contributed by atoms with Crippen LogP contribution in [0, 0.1) is 6.04 Å². The smallest absolute Gasteiger partial charge is 0.311 e. The van der Waals surface area contributed by atoms with Crippen molar-refractivity contribution in [3.63, 3.8) is 0 Å². The normalized spacial score (nSPS) is 17.5. The molecular formula is C16H13N2O. The predicted octanol–water partition coefficient (Wildman–Crippen LogP) is 3.25. The number of rotatable bonds is 0. The van der Waals surface area contributed by atoms with Crippen LogP contribution < -0.4 is 4.90 Å². The van der Waals surface area contributed by atoms with Gasteiger partial charge in [0.05, 0.1) is 5.69 Å². The Kier molecular flexibility index (Phi) is 1.89. The fourth-order valence-corrected chi connectivity index (χ4v) is 3.04. The summed E-state index contributed by atoms with van der Waals surface area (Å²) >= 11 is 0. The Morgan fingerprint density at radius 2 is 1.79 bits per heavy atom. The highest BCUT2D eigenvalue weighted by Crippen LogP contribution is 2.44. The summed E-state index contributed by atoms with van der Waals surface area (Å²) in [7, 11) is 3.66. The Hall–Kier alpha value is -2.29. The molecule has 0 saturated carbocycles. The summed E-state index contributed by atoms with van der Waals surface area (Å²) < 4.78 is 0. The van der Waals surface area contributed by atoms with Gasteiger partial charge in [-0.2, -0.15) is 0 Å². The molecule has 3 heteroatoms. The van der Waals surface area contributed by atoms with Gasteiger partial charge in [-0.05, 0) is 22.4 Å². The summed E-state index contributed by atoms with van der Waals surface area (Å²) in [6.07, 6.45) is 4.12. The van der Waals surface area contributed by atoms with Crippen LogP contribution in [0.15, 0.2) is 36.4 Å². The zero-order valence-electron chi connectivity index (χ0n) is 10.8. The summed E-state index contributed by atoms with van der Waals surface area (Å²) in [6, 6.07) is 11.4. The van der Waals surface area contributed by atoms with Crippen LogP contribution in [0.2, 0.25) is 0 Å². The van der Waals surface area contributed by atoms with Gasteiger partial charge in [0.15, 0.2) is 0 Å². The summed E-state index contributed by atoms with van der Waals surface area (Å²) in [5.74, 6) is 0. The minimum Gasteiger partial charge on any atom is -0.311 e. The first-order chi connectivity index (χ1) is 9.18. The standard InChI is InChI=1S/C16H13N2O/c1-17-12-8-6-10-4-3-5-11-7-9-13(15(12)14(10)11)18(2)16(17)19/h3-9H,1-2H3. The van der Waals surface area contributed by atoms with E-state index in [1.165, 1.54) is 21.9 Å². The predicted molar refractivity (Wildman–Crippen MR) is 76.9 cm³/mol. The number of carbonyl (C=O) groups is 1. The van der Waals surface area contributed by atoms with Crippen molar-refractivity contribution in [2.75, 3.05) is 19.0 Å². The molecule has 0 unspecified atom stereocenters. The number of amides is 2. The molecule has 2 amide bonds. The van der Waals surface area contributed by atoms with Crippen LogP contribution in [0.3, 0.4) is 0 Å². The second-order valence-corrected chi connectivity index (χ2v) is 5.02. The molecule has 1 aliphatic carbocycles. The maximum atomic E-state index is 12.2. The van der Waals surface area contributed by atoms with E-state index >= 15 is 0 Å². The molecule has 2 aliphatic rings. The fourth-order valence-electron chi connectivity index (χ4n) is 3.04. The van der Waals surface area contributed by atoms with E-state index in [0.717, 1.165) is 11.7 Å². The van der Waals surface area contributed by atoms with E-state index in [9.17, 15) is 4.79 Å². The van der Waals surface area contributed by atoms with Gasteiger partial charge < -0.3 is 4.90 Å². The lowest BCUT2D eigenvalue weighted by atomic mass is 9.87. The molecule has 19 heavy (non-hydrogen) atoms. The Labute approximate surface area is 111 Å². The third-order valence-electron chi connectivity index (χ3n) is 4.03. The molecule has 93 valence electrons. The van der Waals surface area contributed by atoms with Gasteiger partial charge in [0.25, 0.3) is 0 Å². The SMILES string of the molecule is CN1[C]2C=Cc3cccc4ccc(c2c34)N(C)C1=O. The first kappa shape index (κ1) is 10.6. The van der Waals surface area contributed by atoms with Crippen molar-refractivity contribution in [2.24, 2.45) is 0 Å². The summed E-state index contributed by atoms with van der Waals surface area (Å²) in [5, 5.41) is 2.46. The number of carbonyl (C=O) groups excluding carboxylic acids is 1. The highest BCUT2D eigenvalue weighted by atomic mass is 16.2. The van der Waals surface area contributed by atoms with Crippen LogP contribution in [0.4, 0.5) is 10.5 Å². The van der Waals surface area contributed by atoms with Crippen LogP contribution in [-0.2, 0) is 0 Å². The van der Waals surface area contributed by atoms with Gasteiger partial charge in [-0.25, -0.2) is 4.79 Å². The number of nitrogens with zero attached hydrogens (tertiary/aromatic N) is 2. The Balaban J connectivity index is 2.17. The van der Waals surface area contributed by atoms with Crippen LogP contribution in [0.5, 0.6) is 0 Å². The van der Waals surface area contributed by atoms with Crippen LogP contribution in [0.1, 0.15) is 11.1 Å².